The predicted octanol–water partition coefficient (Wildman–Crippen LogP) is 4.27. The number of benzene rings is 1. The van der Waals surface area contributed by atoms with Crippen molar-refractivity contribution in [3.8, 4) is 0 Å². The topological polar surface area (TPSA) is 131 Å². The van der Waals surface area contributed by atoms with E-state index in [4.69, 9.17) is 34.0 Å². The van der Waals surface area contributed by atoms with E-state index < -0.39 is 24.9 Å². The summed E-state index contributed by atoms with van der Waals surface area (Å²) in [4.78, 5) is 24.4. The van der Waals surface area contributed by atoms with E-state index in [9.17, 15) is 18.0 Å². The number of carbonyl (C=O) groups excluding carboxylic acids is 1. The maximum Gasteiger partial charge on any atom is 0.287 e. The SMILES string of the molecule is NC(=O)[C@H]1CC[C@@H](n2c(Nc3c(F)cc(Cl)cc3Cl)nc3cnc(NCC(F)(F)CO)nc32)CC1. The van der Waals surface area contributed by atoms with Crippen LogP contribution in [0.1, 0.15) is 31.7 Å². The van der Waals surface area contributed by atoms with E-state index in [2.05, 4.69) is 25.6 Å². The summed E-state index contributed by atoms with van der Waals surface area (Å²) in [5.41, 5.74) is 6.04. The number of carbonyl (C=O) groups is 1. The summed E-state index contributed by atoms with van der Waals surface area (Å²) in [5, 5.41) is 14.3. The van der Waals surface area contributed by atoms with Gasteiger partial charge in [-0.3, -0.25) is 9.36 Å². The summed E-state index contributed by atoms with van der Waals surface area (Å²) >= 11 is 12.1. The number of halogens is 5. The highest BCUT2D eigenvalue weighted by atomic mass is 35.5. The Hall–Kier alpha value is -2.83. The summed E-state index contributed by atoms with van der Waals surface area (Å²) in [6.45, 7) is -2.20. The number of imidazole rings is 1. The molecule has 1 fully saturated rings. The van der Waals surface area contributed by atoms with Gasteiger partial charge in [-0.05, 0) is 37.8 Å². The minimum atomic E-state index is -3.36. The molecule has 1 aliphatic carbocycles. The maximum absolute atomic E-state index is 14.6. The Bertz CT molecular complexity index is 1230. The third-order valence-electron chi connectivity index (χ3n) is 5.88. The molecule has 0 atom stereocenters. The number of alkyl halides is 2. The predicted molar refractivity (Wildman–Crippen MR) is 126 cm³/mol. The van der Waals surface area contributed by atoms with Gasteiger partial charge in [0.05, 0.1) is 23.5 Å². The highest BCUT2D eigenvalue weighted by Gasteiger charge is 2.30. The van der Waals surface area contributed by atoms with Gasteiger partial charge in [0.1, 0.15) is 17.9 Å². The summed E-state index contributed by atoms with van der Waals surface area (Å²) in [6.07, 6.45) is 3.53. The minimum Gasteiger partial charge on any atom is -0.390 e. The molecule has 0 saturated heterocycles. The van der Waals surface area contributed by atoms with Crippen molar-refractivity contribution in [2.45, 2.75) is 37.6 Å². The Labute approximate surface area is 207 Å². The van der Waals surface area contributed by atoms with Crippen molar-refractivity contribution in [2.24, 2.45) is 11.7 Å². The molecule has 4 rings (SSSR count). The van der Waals surface area contributed by atoms with Crippen LogP contribution in [-0.2, 0) is 4.79 Å². The van der Waals surface area contributed by atoms with Crippen LogP contribution < -0.4 is 16.4 Å². The molecule has 5 N–H and O–H groups in total. The number of aliphatic hydroxyl groups is 1. The molecule has 188 valence electrons. The third-order valence-corrected chi connectivity index (χ3v) is 6.39. The van der Waals surface area contributed by atoms with Crippen LogP contribution in [0.2, 0.25) is 10.0 Å². The molecular formula is C21H22Cl2F3N7O2. The zero-order valence-electron chi connectivity index (χ0n) is 18.2. The van der Waals surface area contributed by atoms with E-state index in [1.54, 1.807) is 4.57 Å². The molecule has 2 aromatic heterocycles. The molecule has 0 aliphatic heterocycles. The quantitative estimate of drug-likeness (QED) is 0.341. The number of nitrogens with two attached hydrogens (primary N) is 1. The number of fused-ring (bicyclic) bond motifs is 1. The number of amides is 1. The number of primary amides is 1. The van der Waals surface area contributed by atoms with Crippen LogP contribution in [0.25, 0.3) is 11.2 Å². The van der Waals surface area contributed by atoms with Crippen molar-refractivity contribution in [1.82, 2.24) is 19.5 Å². The van der Waals surface area contributed by atoms with Crippen LogP contribution in [0.15, 0.2) is 18.3 Å². The van der Waals surface area contributed by atoms with Gasteiger partial charge in [0.15, 0.2) is 5.65 Å². The number of nitrogens with one attached hydrogen (secondary N) is 2. The second-order valence-electron chi connectivity index (χ2n) is 8.35. The molecule has 0 bridgehead atoms. The largest absolute Gasteiger partial charge is 0.390 e. The van der Waals surface area contributed by atoms with Crippen molar-refractivity contribution in [1.29, 1.82) is 0 Å². The van der Waals surface area contributed by atoms with Gasteiger partial charge in [-0.1, -0.05) is 23.2 Å². The summed E-state index contributed by atoms with van der Waals surface area (Å²) < 4.78 is 43.3. The van der Waals surface area contributed by atoms with E-state index in [-0.39, 0.29) is 45.5 Å². The zero-order chi connectivity index (χ0) is 25.3. The fraction of sp³-hybridized carbons (Fsp3) is 0.429. The number of aliphatic hydroxyl groups excluding tert-OH is 1. The van der Waals surface area contributed by atoms with Gasteiger partial charge < -0.3 is 21.5 Å². The summed E-state index contributed by atoms with van der Waals surface area (Å²) in [5.74, 6) is -4.57. The zero-order valence-corrected chi connectivity index (χ0v) is 19.8. The van der Waals surface area contributed by atoms with Crippen LogP contribution in [0.5, 0.6) is 0 Å². The van der Waals surface area contributed by atoms with Crippen molar-refractivity contribution in [3.63, 3.8) is 0 Å². The monoisotopic (exact) mass is 531 g/mol. The summed E-state index contributed by atoms with van der Waals surface area (Å²) in [7, 11) is 0. The molecule has 0 radical (unpaired) electrons. The molecule has 9 nitrogen and oxygen atoms in total. The fourth-order valence-electron chi connectivity index (χ4n) is 4.07. The lowest BCUT2D eigenvalue weighted by molar-refractivity contribution is -0.122. The van der Waals surface area contributed by atoms with Crippen LogP contribution in [0, 0.1) is 11.7 Å². The number of hydrogen-bond acceptors (Lipinski definition) is 7. The van der Waals surface area contributed by atoms with Gasteiger partial charge >= 0.3 is 0 Å². The van der Waals surface area contributed by atoms with Crippen molar-refractivity contribution in [3.05, 3.63) is 34.2 Å². The Balaban J connectivity index is 1.74. The molecule has 1 saturated carbocycles. The second kappa shape index (κ2) is 10.0. The minimum absolute atomic E-state index is 0.0331. The van der Waals surface area contributed by atoms with Gasteiger partial charge in [0.25, 0.3) is 5.92 Å². The number of rotatable bonds is 8. The number of aromatic nitrogens is 4. The van der Waals surface area contributed by atoms with E-state index >= 15 is 0 Å². The average molecular weight is 532 g/mol. The second-order valence-corrected chi connectivity index (χ2v) is 9.20. The number of anilines is 3. The normalized spacial score (nSPS) is 18.6. The van der Waals surface area contributed by atoms with Gasteiger partial charge in [0.2, 0.25) is 17.8 Å². The first kappa shape index (κ1) is 25.3. The first-order chi connectivity index (χ1) is 16.6. The molecule has 3 aromatic rings. The molecular weight excluding hydrogens is 510 g/mol. The first-order valence-corrected chi connectivity index (χ1v) is 11.5. The van der Waals surface area contributed by atoms with Crippen LogP contribution in [0.4, 0.5) is 30.8 Å². The molecule has 0 unspecified atom stereocenters. The third kappa shape index (κ3) is 5.54. The van der Waals surface area contributed by atoms with E-state index in [0.717, 1.165) is 6.07 Å². The smallest absolute Gasteiger partial charge is 0.287 e. The lowest BCUT2D eigenvalue weighted by Crippen LogP contribution is -2.31. The lowest BCUT2D eigenvalue weighted by atomic mass is 9.85. The molecule has 2 heterocycles. The van der Waals surface area contributed by atoms with Crippen molar-refractivity contribution < 1.29 is 23.1 Å². The Morgan fingerprint density at radius 1 is 1.23 bits per heavy atom. The first-order valence-electron chi connectivity index (χ1n) is 10.8. The molecule has 1 aliphatic rings. The van der Waals surface area contributed by atoms with Crippen molar-refractivity contribution >= 4 is 57.9 Å². The van der Waals surface area contributed by atoms with E-state index in [0.29, 0.717) is 36.8 Å². The standard InChI is InChI=1S/C21H22Cl2F3N7O2/c22-11-5-13(23)16(14(24)6-11)31-20-30-15-7-28-19(29-8-21(25,26)9-34)32-18(15)33(20)12-3-1-10(2-4-12)17(27)35/h5-7,10,12,34H,1-4,8-9H2,(H2,27,35)(H,30,31)(H,28,29,32)/t10-,12+. The molecule has 1 aromatic carbocycles. The Morgan fingerprint density at radius 3 is 2.57 bits per heavy atom. The fourth-order valence-corrected chi connectivity index (χ4v) is 4.58. The maximum atomic E-state index is 14.6. The molecule has 14 heteroatoms. The van der Waals surface area contributed by atoms with Crippen LogP contribution >= 0.6 is 23.2 Å². The van der Waals surface area contributed by atoms with Gasteiger partial charge in [-0.2, -0.15) is 4.98 Å². The Kier molecular flexibility index (Phi) is 7.25. The summed E-state index contributed by atoms with van der Waals surface area (Å²) in [6, 6.07) is 2.28. The molecule has 1 amide bonds. The van der Waals surface area contributed by atoms with Crippen molar-refractivity contribution in [2.75, 3.05) is 23.8 Å². The Morgan fingerprint density at radius 2 is 1.94 bits per heavy atom. The van der Waals surface area contributed by atoms with Crippen LogP contribution in [-0.4, -0.2) is 49.6 Å². The van der Waals surface area contributed by atoms with Gasteiger partial charge in [-0.25, -0.2) is 23.1 Å². The van der Waals surface area contributed by atoms with Gasteiger partial charge in [0, 0.05) is 17.0 Å². The highest BCUT2D eigenvalue weighted by molar-refractivity contribution is 6.36. The van der Waals surface area contributed by atoms with E-state index in [1.807, 2.05) is 0 Å². The van der Waals surface area contributed by atoms with E-state index in [1.165, 1.54) is 12.3 Å². The molecule has 0 spiro atoms. The molecule has 35 heavy (non-hydrogen) atoms. The average Bonchev–Trinajstić information content (AvgIpc) is 3.17. The van der Waals surface area contributed by atoms with Gasteiger partial charge in [-0.15, -0.1) is 0 Å². The number of nitrogens with zero attached hydrogens (tertiary/aromatic N) is 4. The number of hydrogen-bond donors (Lipinski definition) is 4. The highest BCUT2D eigenvalue weighted by Crippen LogP contribution is 2.38. The van der Waals surface area contributed by atoms with Crippen LogP contribution in [0.3, 0.4) is 0 Å². The lowest BCUT2D eigenvalue weighted by Gasteiger charge is -2.29.